The Hall–Kier alpha value is -2.37. The van der Waals surface area contributed by atoms with Crippen LogP contribution in [0.5, 0.6) is 0 Å². The third kappa shape index (κ3) is 3.67. The van der Waals surface area contributed by atoms with E-state index >= 15 is 0 Å². The van der Waals surface area contributed by atoms with Crippen LogP contribution in [0.4, 0.5) is 0 Å². The number of imide groups is 1. The van der Waals surface area contributed by atoms with Crippen LogP contribution >= 0.6 is 23.2 Å². The topological polar surface area (TPSA) is 66.5 Å². The molecular formula is C18H14Cl2N2O3. The van der Waals surface area contributed by atoms with E-state index in [9.17, 15) is 14.4 Å². The number of carbonyl (C=O) groups is 3. The van der Waals surface area contributed by atoms with Crippen LogP contribution in [0.15, 0.2) is 42.5 Å². The van der Waals surface area contributed by atoms with Crippen molar-refractivity contribution in [2.45, 2.75) is 13.0 Å². The first-order valence-corrected chi connectivity index (χ1v) is 8.39. The molecular weight excluding hydrogens is 363 g/mol. The third-order valence-corrected chi connectivity index (χ3v) is 4.53. The number of hydrogen-bond donors (Lipinski definition) is 1. The van der Waals surface area contributed by atoms with Gasteiger partial charge >= 0.3 is 0 Å². The summed E-state index contributed by atoms with van der Waals surface area (Å²) in [6.07, 6.45) is 0.0175. The van der Waals surface area contributed by atoms with Crippen molar-refractivity contribution in [2.75, 3.05) is 6.54 Å². The number of nitrogens with zero attached hydrogens (tertiary/aromatic N) is 1. The predicted octanol–water partition coefficient (Wildman–Crippen LogP) is 3.30. The van der Waals surface area contributed by atoms with Crippen molar-refractivity contribution in [1.29, 1.82) is 0 Å². The Morgan fingerprint density at radius 3 is 2.48 bits per heavy atom. The number of hydrogen-bond acceptors (Lipinski definition) is 3. The van der Waals surface area contributed by atoms with E-state index in [0.717, 1.165) is 10.5 Å². The van der Waals surface area contributed by atoms with Crippen LogP contribution in [0.25, 0.3) is 0 Å². The summed E-state index contributed by atoms with van der Waals surface area (Å²) < 4.78 is 0. The lowest BCUT2D eigenvalue weighted by Crippen LogP contribution is -2.34. The van der Waals surface area contributed by atoms with Gasteiger partial charge in [0, 0.05) is 29.6 Å². The van der Waals surface area contributed by atoms with Crippen molar-refractivity contribution < 1.29 is 14.4 Å². The van der Waals surface area contributed by atoms with Crippen LogP contribution in [0, 0.1) is 0 Å². The number of amides is 3. The highest BCUT2D eigenvalue weighted by atomic mass is 35.5. The van der Waals surface area contributed by atoms with Gasteiger partial charge in [-0.3, -0.25) is 19.3 Å². The summed E-state index contributed by atoms with van der Waals surface area (Å²) in [6.45, 7) is 0.300. The molecule has 3 amide bonds. The average Bonchev–Trinajstić information content (AvgIpc) is 2.83. The first-order valence-electron chi connectivity index (χ1n) is 7.63. The molecule has 1 N–H and O–H groups in total. The molecule has 0 aliphatic carbocycles. The average molecular weight is 377 g/mol. The van der Waals surface area contributed by atoms with Crippen LogP contribution in [-0.2, 0) is 11.3 Å². The Bertz CT molecular complexity index is 867. The molecule has 0 aromatic heterocycles. The zero-order chi connectivity index (χ0) is 18.0. The molecule has 7 heteroatoms. The number of fused-ring (bicyclic) bond motifs is 1. The molecule has 1 aliphatic heterocycles. The van der Waals surface area contributed by atoms with Gasteiger partial charge in [0.05, 0.1) is 11.1 Å². The fraction of sp³-hybridized carbons (Fsp3) is 0.167. The molecule has 0 saturated carbocycles. The van der Waals surface area contributed by atoms with E-state index in [4.69, 9.17) is 23.2 Å². The van der Waals surface area contributed by atoms with Gasteiger partial charge in [-0.1, -0.05) is 41.4 Å². The minimum atomic E-state index is -0.429. The predicted molar refractivity (Wildman–Crippen MR) is 94.7 cm³/mol. The third-order valence-electron chi connectivity index (χ3n) is 3.93. The van der Waals surface area contributed by atoms with E-state index in [-0.39, 0.29) is 31.0 Å². The van der Waals surface area contributed by atoms with E-state index < -0.39 is 11.8 Å². The van der Waals surface area contributed by atoms with Gasteiger partial charge in [-0.15, -0.1) is 0 Å². The molecule has 5 nitrogen and oxygen atoms in total. The van der Waals surface area contributed by atoms with E-state index in [2.05, 4.69) is 5.32 Å². The molecule has 0 radical (unpaired) electrons. The molecule has 3 rings (SSSR count). The van der Waals surface area contributed by atoms with Gasteiger partial charge in [0.15, 0.2) is 0 Å². The van der Waals surface area contributed by atoms with Gasteiger partial charge in [-0.25, -0.2) is 0 Å². The molecule has 128 valence electrons. The molecule has 0 unspecified atom stereocenters. The molecule has 2 aromatic rings. The summed E-state index contributed by atoms with van der Waals surface area (Å²) in [5.74, 6) is -1.11. The quantitative estimate of drug-likeness (QED) is 0.814. The number of halogens is 2. The van der Waals surface area contributed by atoms with Crippen molar-refractivity contribution in [3.8, 4) is 0 Å². The fourth-order valence-electron chi connectivity index (χ4n) is 2.60. The van der Waals surface area contributed by atoms with E-state index in [0.29, 0.717) is 15.6 Å². The summed E-state index contributed by atoms with van der Waals surface area (Å²) in [6, 6.07) is 11.7. The van der Waals surface area contributed by atoms with Crippen molar-refractivity contribution in [1.82, 2.24) is 10.2 Å². The lowest BCUT2D eigenvalue weighted by atomic mass is 10.1. The molecule has 1 aliphatic rings. The van der Waals surface area contributed by atoms with Crippen LogP contribution in [0.3, 0.4) is 0 Å². The Kier molecular flexibility index (Phi) is 5.06. The SMILES string of the molecule is O=C(CCN1C(=O)c2ccc(Cl)cc2C1=O)NCc1ccccc1Cl. The highest BCUT2D eigenvalue weighted by Gasteiger charge is 2.35. The number of rotatable bonds is 5. The van der Waals surface area contributed by atoms with Gasteiger partial charge in [0.25, 0.3) is 11.8 Å². The first-order chi connectivity index (χ1) is 12.0. The molecule has 0 saturated heterocycles. The molecule has 0 bridgehead atoms. The van der Waals surface area contributed by atoms with Gasteiger partial charge < -0.3 is 5.32 Å². The van der Waals surface area contributed by atoms with Crippen molar-refractivity contribution >= 4 is 40.9 Å². The standard InChI is InChI=1S/C18H14Cl2N2O3/c19-12-5-6-13-14(9-12)18(25)22(17(13)24)8-7-16(23)21-10-11-3-1-2-4-15(11)20/h1-6,9H,7-8,10H2,(H,21,23). The van der Waals surface area contributed by atoms with Gasteiger partial charge in [-0.2, -0.15) is 0 Å². The molecule has 2 aromatic carbocycles. The van der Waals surface area contributed by atoms with Crippen LogP contribution in [-0.4, -0.2) is 29.2 Å². The highest BCUT2D eigenvalue weighted by molar-refractivity contribution is 6.32. The molecule has 25 heavy (non-hydrogen) atoms. The summed E-state index contributed by atoms with van der Waals surface area (Å²) in [4.78, 5) is 37.6. The van der Waals surface area contributed by atoms with E-state index in [1.54, 1.807) is 12.1 Å². The largest absolute Gasteiger partial charge is 0.352 e. The van der Waals surface area contributed by atoms with Gasteiger partial charge in [0.1, 0.15) is 0 Å². The number of carbonyl (C=O) groups excluding carboxylic acids is 3. The van der Waals surface area contributed by atoms with E-state index in [1.165, 1.54) is 12.1 Å². The van der Waals surface area contributed by atoms with Crippen molar-refractivity contribution in [3.63, 3.8) is 0 Å². The summed E-state index contributed by atoms with van der Waals surface area (Å²) in [5.41, 5.74) is 1.38. The number of nitrogens with one attached hydrogen (secondary N) is 1. The van der Waals surface area contributed by atoms with Crippen molar-refractivity contribution in [2.24, 2.45) is 0 Å². The minimum absolute atomic E-state index is 0.0122. The normalized spacial score (nSPS) is 13.1. The molecule has 0 spiro atoms. The maximum atomic E-state index is 12.3. The first kappa shape index (κ1) is 17.5. The summed E-state index contributed by atoms with van der Waals surface area (Å²) in [7, 11) is 0. The van der Waals surface area contributed by atoms with Gasteiger partial charge in [0.2, 0.25) is 5.91 Å². The fourth-order valence-corrected chi connectivity index (χ4v) is 2.98. The van der Waals surface area contributed by atoms with Gasteiger partial charge in [-0.05, 0) is 29.8 Å². The zero-order valence-electron chi connectivity index (χ0n) is 13.1. The monoisotopic (exact) mass is 376 g/mol. The maximum Gasteiger partial charge on any atom is 0.261 e. The van der Waals surface area contributed by atoms with E-state index in [1.807, 2.05) is 18.2 Å². The van der Waals surface area contributed by atoms with Crippen LogP contribution in [0.2, 0.25) is 10.0 Å². The second-order valence-electron chi connectivity index (χ2n) is 5.57. The second kappa shape index (κ2) is 7.25. The lowest BCUT2D eigenvalue weighted by molar-refractivity contribution is -0.121. The molecule has 0 atom stereocenters. The Balaban J connectivity index is 1.57. The summed E-state index contributed by atoms with van der Waals surface area (Å²) >= 11 is 11.9. The number of benzene rings is 2. The van der Waals surface area contributed by atoms with Crippen LogP contribution in [0.1, 0.15) is 32.7 Å². The highest BCUT2D eigenvalue weighted by Crippen LogP contribution is 2.25. The van der Waals surface area contributed by atoms with Crippen molar-refractivity contribution in [3.05, 3.63) is 69.2 Å². The second-order valence-corrected chi connectivity index (χ2v) is 6.41. The van der Waals surface area contributed by atoms with Crippen LogP contribution < -0.4 is 5.32 Å². The zero-order valence-corrected chi connectivity index (χ0v) is 14.6. The smallest absolute Gasteiger partial charge is 0.261 e. The Morgan fingerprint density at radius 1 is 1.00 bits per heavy atom. The summed E-state index contributed by atoms with van der Waals surface area (Å²) in [5, 5.41) is 3.69. The molecule has 0 fully saturated rings. The maximum absolute atomic E-state index is 12.3. The Labute approximate surface area is 154 Å². The minimum Gasteiger partial charge on any atom is -0.352 e. The Morgan fingerprint density at radius 2 is 1.72 bits per heavy atom. The molecule has 1 heterocycles. The lowest BCUT2D eigenvalue weighted by Gasteiger charge is -2.13.